The molecule has 0 bridgehead atoms. The molecule has 1 aromatic heterocycles. The quantitative estimate of drug-likeness (QED) is 0.572. The van der Waals surface area contributed by atoms with Crippen molar-refractivity contribution in [2.45, 2.75) is 19.4 Å². The molecule has 0 amide bonds. The van der Waals surface area contributed by atoms with E-state index in [4.69, 9.17) is 0 Å². The Balaban J connectivity index is 2.13. The van der Waals surface area contributed by atoms with E-state index in [0.29, 0.717) is 31.7 Å². The molecule has 1 N–H and O–H groups in total. The molecule has 4 nitrogen and oxygen atoms in total. The first-order chi connectivity index (χ1) is 11.8. The molecule has 2 aromatic carbocycles. The van der Waals surface area contributed by atoms with Crippen molar-refractivity contribution in [3.8, 4) is 0 Å². The zero-order valence-electron chi connectivity index (χ0n) is 13.6. The molecule has 0 fully saturated rings. The predicted molar refractivity (Wildman–Crippen MR) is 96.6 cm³/mol. The van der Waals surface area contributed by atoms with Crippen molar-refractivity contribution < 1.29 is 14.7 Å². The summed E-state index contributed by atoms with van der Waals surface area (Å²) in [5, 5.41) is 10.7. The second-order valence-electron chi connectivity index (χ2n) is 6.60. The Morgan fingerprint density at radius 1 is 0.880 bits per heavy atom. The lowest BCUT2D eigenvalue weighted by molar-refractivity contribution is 0.0823. The first-order valence-corrected chi connectivity index (χ1v) is 8.63. The van der Waals surface area contributed by atoms with Crippen LogP contribution < -0.4 is 5.43 Å². The van der Waals surface area contributed by atoms with E-state index in [0.717, 1.165) is 0 Å². The molecule has 1 aliphatic carbocycles. The van der Waals surface area contributed by atoms with E-state index in [1.54, 1.807) is 50.2 Å². The van der Waals surface area contributed by atoms with Crippen LogP contribution in [-0.4, -0.2) is 16.7 Å². The average molecular weight is 350 g/mol. The monoisotopic (exact) mass is 350 g/mol. The minimum atomic E-state index is -1.21. The van der Waals surface area contributed by atoms with Crippen LogP contribution in [0.4, 0.5) is 0 Å². The van der Waals surface area contributed by atoms with Crippen molar-refractivity contribution >= 4 is 33.0 Å². The van der Waals surface area contributed by atoms with Gasteiger partial charge in [0.1, 0.15) is 0 Å². The Hall–Kier alpha value is -2.63. The normalized spacial score (nSPS) is 13.7. The van der Waals surface area contributed by atoms with Crippen molar-refractivity contribution in [2.75, 3.05) is 0 Å². The lowest BCUT2D eigenvalue weighted by Crippen LogP contribution is -2.22. The summed E-state index contributed by atoms with van der Waals surface area (Å²) in [5.41, 5.74) is -0.187. The Bertz CT molecular complexity index is 1130. The number of carbonyl (C=O) groups is 2. The van der Waals surface area contributed by atoms with Gasteiger partial charge in [0.15, 0.2) is 17.0 Å². The largest absolute Gasteiger partial charge is 0.385 e. The second kappa shape index (κ2) is 5.18. The molecule has 0 unspecified atom stereocenters. The van der Waals surface area contributed by atoms with Crippen LogP contribution in [0.25, 0.3) is 10.1 Å². The topological polar surface area (TPSA) is 71.4 Å². The molecule has 0 radical (unpaired) electrons. The van der Waals surface area contributed by atoms with Crippen LogP contribution in [0.3, 0.4) is 0 Å². The van der Waals surface area contributed by atoms with Gasteiger partial charge in [-0.2, -0.15) is 0 Å². The van der Waals surface area contributed by atoms with Crippen LogP contribution in [0, 0.1) is 0 Å². The zero-order chi connectivity index (χ0) is 17.9. The maximum Gasteiger partial charge on any atom is 0.195 e. The summed E-state index contributed by atoms with van der Waals surface area (Å²) in [4.78, 5) is 38.7. The predicted octanol–water partition coefficient (Wildman–Crippen LogP) is 3.26. The molecule has 0 aliphatic heterocycles. The Labute approximate surface area is 147 Å². The molecular weight excluding hydrogens is 336 g/mol. The number of benzene rings is 2. The van der Waals surface area contributed by atoms with Gasteiger partial charge in [-0.3, -0.25) is 14.4 Å². The molecule has 5 heteroatoms. The van der Waals surface area contributed by atoms with Gasteiger partial charge in [0.25, 0.3) is 0 Å². The molecular formula is C20H14O4S. The number of aliphatic hydroxyl groups is 1. The van der Waals surface area contributed by atoms with Gasteiger partial charge in [0.2, 0.25) is 0 Å². The fourth-order valence-electron chi connectivity index (χ4n) is 3.09. The Kier molecular flexibility index (Phi) is 3.29. The lowest BCUT2D eigenvalue weighted by atomic mass is 9.83. The number of carbonyl (C=O) groups excluding carboxylic acids is 2. The summed E-state index contributed by atoms with van der Waals surface area (Å²) < 4.78 is 0.454. The lowest BCUT2D eigenvalue weighted by Gasteiger charge is -2.21. The van der Waals surface area contributed by atoms with Gasteiger partial charge in [-0.05, 0) is 26.0 Å². The number of rotatable bonds is 1. The van der Waals surface area contributed by atoms with Gasteiger partial charge < -0.3 is 5.11 Å². The van der Waals surface area contributed by atoms with Crippen LogP contribution in [0.15, 0.2) is 47.3 Å². The summed E-state index contributed by atoms with van der Waals surface area (Å²) in [7, 11) is 0. The van der Waals surface area contributed by atoms with Gasteiger partial charge in [-0.15, -0.1) is 11.3 Å². The zero-order valence-corrected chi connectivity index (χ0v) is 14.4. The molecule has 25 heavy (non-hydrogen) atoms. The van der Waals surface area contributed by atoms with E-state index in [9.17, 15) is 19.5 Å². The van der Waals surface area contributed by atoms with Gasteiger partial charge in [0, 0.05) is 33.0 Å². The first-order valence-electron chi connectivity index (χ1n) is 7.81. The summed E-state index contributed by atoms with van der Waals surface area (Å²) in [6, 6.07) is 11.2. The van der Waals surface area contributed by atoms with Gasteiger partial charge >= 0.3 is 0 Å². The van der Waals surface area contributed by atoms with E-state index >= 15 is 0 Å². The van der Waals surface area contributed by atoms with E-state index in [-0.39, 0.29) is 22.6 Å². The summed E-state index contributed by atoms with van der Waals surface area (Å²) in [5.74, 6) is -0.486. The van der Waals surface area contributed by atoms with Gasteiger partial charge in [0.05, 0.1) is 15.9 Å². The molecule has 0 saturated heterocycles. The highest BCUT2D eigenvalue weighted by Gasteiger charge is 2.32. The first kappa shape index (κ1) is 15.9. The van der Waals surface area contributed by atoms with Crippen LogP contribution in [0.2, 0.25) is 0 Å². The van der Waals surface area contributed by atoms with Crippen LogP contribution >= 0.6 is 11.3 Å². The second-order valence-corrected chi connectivity index (χ2v) is 7.65. The van der Waals surface area contributed by atoms with Crippen molar-refractivity contribution in [3.05, 3.63) is 79.8 Å². The average Bonchev–Trinajstić information content (AvgIpc) is 2.58. The van der Waals surface area contributed by atoms with Crippen molar-refractivity contribution in [1.29, 1.82) is 0 Å². The summed E-state index contributed by atoms with van der Waals surface area (Å²) in [6.07, 6.45) is 0. The van der Waals surface area contributed by atoms with E-state index in [2.05, 4.69) is 0 Å². The molecule has 124 valence electrons. The van der Waals surface area contributed by atoms with E-state index in [1.807, 2.05) is 0 Å². The molecule has 0 spiro atoms. The highest BCUT2D eigenvalue weighted by atomic mass is 32.1. The number of fused-ring (bicyclic) bond motifs is 4. The maximum atomic E-state index is 13.0. The highest BCUT2D eigenvalue weighted by Crippen LogP contribution is 2.36. The van der Waals surface area contributed by atoms with Crippen LogP contribution in [-0.2, 0) is 5.60 Å². The fourth-order valence-corrected chi connectivity index (χ4v) is 4.31. The maximum absolute atomic E-state index is 13.0. The smallest absolute Gasteiger partial charge is 0.195 e. The molecule has 0 atom stereocenters. The molecule has 1 heterocycles. The summed E-state index contributed by atoms with van der Waals surface area (Å²) >= 11 is 1.18. The Morgan fingerprint density at radius 2 is 1.52 bits per heavy atom. The van der Waals surface area contributed by atoms with Crippen molar-refractivity contribution in [2.24, 2.45) is 0 Å². The van der Waals surface area contributed by atoms with E-state index in [1.165, 1.54) is 17.4 Å². The number of hydrogen-bond acceptors (Lipinski definition) is 5. The Morgan fingerprint density at radius 3 is 2.16 bits per heavy atom. The fraction of sp³-hybridized carbons (Fsp3) is 0.150. The minimum absolute atomic E-state index is 0.222. The third-order valence-electron chi connectivity index (χ3n) is 4.39. The third-order valence-corrected chi connectivity index (χ3v) is 5.85. The van der Waals surface area contributed by atoms with Gasteiger partial charge in [-0.1, -0.05) is 24.3 Å². The van der Waals surface area contributed by atoms with Crippen molar-refractivity contribution in [1.82, 2.24) is 0 Å². The van der Waals surface area contributed by atoms with Crippen molar-refractivity contribution in [3.63, 3.8) is 0 Å². The van der Waals surface area contributed by atoms with Crippen LogP contribution in [0.5, 0.6) is 0 Å². The molecule has 3 aromatic rings. The van der Waals surface area contributed by atoms with E-state index < -0.39 is 5.60 Å². The van der Waals surface area contributed by atoms with Gasteiger partial charge in [-0.25, -0.2) is 0 Å². The molecule has 0 saturated carbocycles. The number of hydrogen-bond donors (Lipinski definition) is 1. The molecule has 1 aliphatic rings. The third kappa shape index (κ3) is 2.27. The van der Waals surface area contributed by atoms with Crippen LogP contribution in [0.1, 0.15) is 50.6 Å². The standard InChI is InChI=1S/C20H14O4S/c1-20(2,24)15-9-14(21)12-7-8-13-16(19(12)25-15)18(23)11-6-4-3-5-10(11)17(13)22/h3-9,24H,1-2H3. The molecule has 4 rings (SSSR count). The SMILES string of the molecule is CC(C)(O)c1cc(=O)c2ccc3c(c2s1)C(=O)c1ccccc1C3=O. The number of ketones is 2. The summed E-state index contributed by atoms with van der Waals surface area (Å²) in [6.45, 7) is 3.17. The highest BCUT2D eigenvalue weighted by molar-refractivity contribution is 7.19. The minimum Gasteiger partial charge on any atom is -0.385 e.